The summed E-state index contributed by atoms with van der Waals surface area (Å²) >= 11 is 0. The van der Waals surface area contributed by atoms with Crippen LogP contribution in [-0.2, 0) is 21.2 Å². The molecule has 0 unspecified atom stereocenters. The number of benzene rings is 1. The summed E-state index contributed by atoms with van der Waals surface area (Å²) < 4.78 is 27.8. The van der Waals surface area contributed by atoms with Crippen molar-refractivity contribution in [3.63, 3.8) is 0 Å². The van der Waals surface area contributed by atoms with Crippen molar-refractivity contribution in [1.82, 2.24) is 4.90 Å². The third-order valence-electron chi connectivity index (χ3n) is 4.50. The minimum Gasteiger partial charge on any atom is -0.494 e. The molecule has 0 saturated carbocycles. The van der Waals surface area contributed by atoms with Gasteiger partial charge in [-0.05, 0) is 56.2 Å². The number of hydrogen-bond acceptors (Lipinski definition) is 4. The second-order valence-electron chi connectivity index (χ2n) is 6.71. The van der Waals surface area contributed by atoms with E-state index >= 15 is 0 Å². The van der Waals surface area contributed by atoms with E-state index in [2.05, 4.69) is 6.07 Å². The Morgan fingerprint density at radius 2 is 2.16 bits per heavy atom. The summed E-state index contributed by atoms with van der Waals surface area (Å²) in [5.74, 6) is 0.926. The lowest BCUT2D eigenvalue weighted by molar-refractivity contribution is -0.130. The van der Waals surface area contributed by atoms with Gasteiger partial charge in [0, 0.05) is 19.5 Å². The number of hydrogen-bond donors (Lipinski definition) is 1. The molecular formula is C18H28N2O4S. The Balaban J connectivity index is 1.76. The van der Waals surface area contributed by atoms with Crippen molar-refractivity contribution in [3.8, 4) is 5.75 Å². The van der Waals surface area contributed by atoms with Crippen molar-refractivity contribution >= 4 is 15.9 Å². The molecule has 2 rings (SSSR count). The van der Waals surface area contributed by atoms with Crippen LogP contribution in [0.2, 0.25) is 0 Å². The van der Waals surface area contributed by atoms with E-state index < -0.39 is 10.0 Å². The quantitative estimate of drug-likeness (QED) is 0.758. The number of nitrogens with two attached hydrogens (primary N) is 1. The van der Waals surface area contributed by atoms with Crippen LogP contribution in [0.4, 0.5) is 0 Å². The molecule has 140 valence electrons. The molecule has 2 N–H and O–H groups in total. The predicted octanol–water partition coefficient (Wildman–Crippen LogP) is 1.85. The van der Waals surface area contributed by atoms with Gasteiger partial charge in [-0.15, -0.1) is 0 Å². The van der Waals surface area contributed by atoms with Gasteiger partial charge < -0.3 is 9.64 Å². The van der Waals surface area contributed by atoms with Crippen molar-refractivity contribution in [2.45, 2.75) is 39.5 Å². The molecule has 1 heterocycles. The smallest absolute Gasteiger partial charge is 0.222 e. The molecule has 0 spiro atoms. The average molecular weight is 368 g/mol. The van der Waals surface area contributed by atoms with E-state index in [1.165, 1.54) is 5.56 Å². The standard InChI is InChI=1S/C18H28N2O4S/c1-3-24-17-8-7-15(11-14(17)2)5-4-6-18(21)20-10-9-16(12-20)13-25(19,22)23/h7-8,11,16H,3-6,9-10,12-13H2,1-2H3,(H2,19,22,23)/t16-/m1/s1. The van der Waals surface area contributed by atoms with Crippen molar-refractivity contribution in [2.75, 3.05) is 25.4 Å². The Labute approximate surface area is 150 Å². The first-order valence-corrected chi connectivity index (χ1v) is 10.5. The number of sulfonamides is 1. The summed E-state index contributed by atoms with van der Waals surface area (Å²) in [4.78, 5) is 14.0. The summed E-state index contributed by atoms with van der Waals surface area (Å²) in [6.45, 7) is 5.76. The Morgan fingerprint density at radius 3 is 2.80 bits per heavy atom. The second-order valence-corrected chi connectivity index (χ2v) is 8.37. The lowest BCUT2D eigenvalue weighted by Crippen LogP contribution is -2.30. The number of aryl methyl sites for hydroxylation is 2. The van der Waals surface area contributed by atoms with Crippen molar-refractivity contribution in [3.05, 3.63) is 29.3 Å². The molecule has 1 saturated heterocycles. The monoisotopic (exact) mass is 368 g/mol. The summed E-state index contributed by atoms with van der Waals surface area (Å²) in [5, 5.41) is 5.08. The van der Waals surface area contributed by atoms with Crippen LogP contribution in [0.1, 0.15) is 37.3 Å². The van der Waals surface area contributed by atoms with Crippen LogP contribution in [0, 0.1) is 12.8 Å². The molecule has 1 aromatic carbocycles. The Morgan fingerprint density at radius 1 is 1.40 bits per heavy atom. The summed E-state index contributed by atoms with van der Waals surface area (Å²) in [6.07, 6.45) is 2.81. The molecule has 1 aliphatic heterocycles. The van der Waals surface area contributed by atoms with Crippen molar-refractivity contribution in [2.24, 2.45) is 11.1 Å². The van der Waals surface area contributed by atoms with Gasteiger partial charge in [0.1, 0.15) is 5.75 Å². The zero-order chi connectivity index (χ0) is 18.4. The third kappa shape index (κ3) is 6.32. The van der Waals surface area contributed by atoms with Gasteiger partial charge in [-0.2, -0.15) is 0 Å². The molecule has 1 fully saturated rings. The van der Waals surface area contributed by atoms with E-state index in [1.807, 2.05) is 26.0 Å². The number of amides is 1. The zero-order valence-electron chi connectivity index (χ0n) is 15.0. The van der Waals surface area contributed by atoms with Gasteiger partial charge in [-0.3, -0.25) is 4.79 Å². The van der Waals surface area contributed by atoms with Gasteiger partial charge in [0.15, 0.2) is 0 Å². The second kappa shape index (κ2) is 8.67. The number of carbonyl (C=O) groups is 1. The van der Waals surface area contributed by atoms with E-state index in [0.29, 0.717) is 32.5 Å². The number of likely N-dealkylation sites (tertiary alicyclic amines) is 1. The number of carbonyl (C=O) groups excluding carboxylic acids is 1. The first-order chi connectivity index (χ1) is 11.8. The van der Waals surface area contributed by atoms with Gasteiger partial charge in [-0.25, -0.2) is 13.6 Å². The molecule has 0 aliphatic carbocycles. The molecule has 7 heteroatoms. The van der Waals surface area contributed by atoms with Crippen LogP contribution in [-0.4, -0.2) is 44.7 Å². The van der Waals surface area contributed by atoms with E-state index in [1.54, 1.807) is 4.90 Å². The molecule has 1 aliphatic rings. The molecule has 1 aromatic rings. The predicted molar refractivity (Wildman–Crippen MR) is 97.9 cm³/mol. The highest BCUT2D eigenvalue weighted by Crippen LogP contribution is 2.21. The van der Waals surface area contributed by atoms with E-state index in [-0.39, 0.29) is 17.6 Å². The largest absolute Gasteiger partial charge is 0.494 e. The van der Waals surface area contributed by atoms with Gasteiger partial charge >= 0.3 is 0 Å². The number of primary sulfonamides is 1. The van der Waals surface area contributed by atoms with Crippen LogP contribution in [0.15, 0.2) is 18.2 Å². The molecule has 0 radical (unpaired) electrons. The molecule has 1 amide bonds. The molecule has 0 bridgehead atoms. The van der Waals surface area contributed by atoms with Gasteiger partial charge in [-0.1, -0.05) is 12.1 Å². The normalized spacial score (nSPS) is 17.7. The van der Waals surface area contributed by atoms with E-state index in [0.717, 1.165) is 24.2 Å². The lowest BCUT2D eigenvalue weighted by atomic mass is 10.0. The lowest BCUT2D eigenvalue weighted by Gasteiger charge is -2.16. The highest BCUT2D eigenvalue weighted by molar-refractivity contribution is 7.89. The summed E-state index contributed by atoms with van der Waals surface area (Å²) in [6, 6.07) is 6.13. The maximum absolute atomic E-state index is 12.3. The minimum atomic E-state index is -3.47. The van der Waals surface area contributed by atoms with Gasteiger partial charge in [0.25, 0.3) is 0 Å². The highest BCUT2D eigenvalue weighted by atomic mass is 32.2. The molecule has 6 nitrogen and oxygen atoms in total. The fourth-order valence-electron chi connectivity index (χ4n) is 3.31. The van der Waals surface area contributed by atoms with Crippen LogP contribution in [0.3, 0.4) is 0 Å². The first-order valence-electron chi connectivity index (χ1n) is 8.79. The zero-order valence-corrected chi connectivity index (χ0v) is 15.8. The Hall–Kier alpha value is -1.60. The van der Waals surface area contributed by atoms with E-state index in [4.69, 9.17) is 9.88 Å². The number of rotatable bonds is 8. The number of nitrogens with zero attached hydrogens (tertiary/aromatic N) is 1. The molecule has 25 heavy (non-hydrogen) atoms. The number of ether oxygens (including phenoxy) is 1. The summed E-state index contributed by atoms with van der Waals surface area (Å²) in [5.41, 5.74) is 2.30. The molecule has 0 aromatic heterocycles. The van der Waals surface area contributed by atoms with Gasteiger partial charge in [0.2, 0.25) is 15.9 Å². The van der Waals surface area contributed by atoms with Crippen LogP contribution < -0.4 is 9.88 Å². The fraction of sp³-hybridized carbons (Fsp3) is 0.611. The topological polar surface area (TPSA) is 89.7 Å². The molecular weight excluding hydrogens is 340 g/mol. The maximum atomic E-state index is 12.3. The minimum absolute atomic E-state index is 0.0345. The van der Waals surface area contributed by atoms with Crippen molar-refractivity contribution in [1.29, 1.82) is 0 Å². The summed E-state index contributed by atoms with van der Waals surface area (Å²) in [7, 11) is -3.47. The SMILES string of the molecule is CCOc1ccc(CCCC(=O)N2CC[C@@H](CS(N)(=O)=O)C2)cc1C. The Kier molecular flexibility index (Phi) is 6.84. The van der Waals surface area contributed by atoms with Crippen molar-refractivity contribution < 1.29 is 17.9 Å². The van der Waals surface area contributed by atoms with Gasteiger partial charge in [0.05, 0.1) is 12.4 Å². The van der Waals surface area contributed by atoms with E-state index in [9.17, 15) is 13.2 Å². The Bertz CT molecular complexity index is 703. The van der Waals surface area contributed by atoms with Crippen LogP contribution >= 0.6 is 0 Å². The van der Waals surface area contributed by atoms with Crippen LogP contribution in [0.25, 0.3) is 0 Å². The first kappa shape index (κ1) is 19.7. The average Bonchev–Trinajstić information content (AvgIpc) is 2.96. The fourth-order valence-corrected chi connectivity index (χ4v) is 4.24. The highest BCUT2D eigenvalue weighted by Gasteiger charge is 2.28. The molecule has 1 atom stereocenters. The van der Waals surface area contributed by atoms with Crippen LogP contribution in [0.5, 0.6) is 5.75 Å². The third-order valence-corrected chi connectivity index (χ3v) is 5.44. The maximum Gasteiger partial charge on any atom is 0.222 e.